The predicted octanol–water partition coefficient (Wildman–Crippen LogP) is 4.86. The third-order valence-electron chi connectivity index (χ3n) is 3.44. The first-order valence-corrected chi connectivity index (χ1v) is 19.3. The Hall–Kier alpha value is -1.08. The number of rotatable bonds is 3. The summed E-state index contributed by atoms with van der Waals surface area (Å²) in [5, 5.41) is 3.24. The molecule has 1 heterocycles. The number of ether oxygens (including phenoxy) is 1. The van der Waals surface area contributed by atoms with Gasteiger partial charge in [-0.1, -0.05) is 0 Å². The van der Waals surface area contributed by atoms with Crippen molar-refractivity contribution in [3.8, 4) is 16.5 Å². The molecule has 0 saturated heterocycles. The molecular weight excluding hydrogens is 439 g/mol. The SMILES string of the molecule is Cc1cc(C)cc(-c2nc(OC(=O)NC(C)(C)C)s[c]2[Sn]([CH3])([CH3])[CH3])c1. The molecule has 0 unspecified atom stereocenters. The standard InChI is InChI=1S/C16H19N2O2S.3CH3.Sn/c1-10-6-11(2)8-12(7-10)13-9-21-15(17-13)20-14(19)18-16(3,4)5;;;;/h6-8H,1-5H3,(H,18,19);3*1H3;. The van der Waals surface area contributed by atoms with Crippen molar-refractivity contribution in [3.63, 3.8) is 0 Å². The number of carbonyl (C=O) groups excluding carboxylic acids is 1. The van der Waals surface area contributed by atoms with Crippen molar-refractivity contribution in [2.24, 2.45) is 0 Å². The van der Waals surface area contributed by atoms with E-state index in [1.165, 1.54) is 25.4 Å². The Kier molecular flexibility index (Phi) is 5.88. The summed E-state index contributed by atoms with van der Waals surface area (Å²) in [5.74, 6) is 0. The van der Waals surface area contributed by atoms with Crippen molar-refractivity contribution >= 4 is 38.7 Å². The summed E-state index contributed by atoms with van der Waals surface area (Å²) in [4.78, 5) is 23.8. The Balaban J connectivity index is 2.43. The first-order chi connectivity index (χ1) is 11.3. The molecule has 1 aromatic carbocycles. The quantitative estimate of drug-likeness (QED) is 0.657. The van der Waals surface area contributed by atoms with E-state index in [0.717, 1.165) is 11.3 Å². The summed E-state index contributed by atoms with van der Waals surface area (Å²) in [6.45, 7) is 9.96. The predicted molar refractivity (Wildman–Crippen MR) is 109 cm³/mol. The molecule has 0 bridgehead atoms. The molecule has 0 aliphatic heterocycles. The second-order valence-corrected chi connectivity index (χ2v) is 24.8. The number of thiazole rings is 1. The van der Waals surface area contributed by atoms with Gasteiger partial charge in [0, 0.05) is 0 Å². The molecule has 6 heteroatoms. The van der Waals surface area contributed by atoms with Gasteiger partial charge in [0.1, 0.15) is 0 Å². The van der Waals surface area contributed by atoms with Crippen LogP contribution in [0.2, 0.25) is 14.8 Å². The number of aromatic nitrogens is 1. The maximum absolute atomic E-state index is 12.1. The van der Waals surface area contributed by atoms with Gasteiger partial charge in [-0.2, -0.15) is 0 Å². The molecule has 4 nitrogen and oxygen atoms in total. The number of amides is 1. The second-order valence-electron chi connectivity index (χ2n) is 8.55. The molecule has 0 aliphatic rings. The van der Waals surface area contributed by atoms with Crippen molar-refractivity contribution in [2.75, 3.05) is 0 Å². The van der Waals surface area contributed by atoms with Crippen LogP contribution in [0.1, 0.15) is 31.9 Å². The van der Waals surface area contributed by atoms with Gasteiger partial charge in [-0.3, -0.25) is 0 Å². The molecule has 2 rings (SSSR count). The van der Waals surface area contributed by atoms with Crippen LogP contribution in [0.15, 0.2) is 18.2 Å². The average Bonchev–Trinajstić information content (AvgIpc) is 2.78. The molecule has 1 amide bonds. The zero-order valence-corrected chi connectivity index (χ0v) is 20.1. The van der Waals surface area contributed by atoms with E-state index in [2.05, 4.69) is 57.2 Å². The van der Waals surface area contributed by atoms with Crippen LogP contribution in [0.4, 0.5) is 4.79 Å². The van der Waals surface area contributed by atoms with Crippen LogP contribution in [0.25, 0.3) is 11.3 Å². The van der Waals surface area contributed by atoms with Crippen molar-refractivity contribution < 1.29 is 9.53 Å². The topological polar surface area (TPSA) is 51.2 Å². The molecule has 0 spiro atoms. The Labute approximate surface area is 158 Å². The van der Waals surface area contributed by atoms with E-state index in [-0.39, 0.29) is 5.54 Å². The van der Waals surface area contributed by atoms with Crippen LogP contribution in [-0.2, 0) is 0 Å². The number of hydrogen-bond acceptors (Lipinski definition) is 4. The van der Waals surface area contributed by atoms with E-state index < -0.39 is 24.5 Å². The molecule has 0 atom stereocenters. The Bertz CT molecular complexity index is 765. The average molecular weight is 467 g/mol. The van der Waals surface area contributed by atoms with Crippen LogP contribution < -0.4 is 12.9 Å². The van der Waals surface area contributed by atoms with Crippen LogP contribution in [0.3, 0.4) is 0 Å². The van der Waals surface area contributed by atoms with Gasteiger partial charge in [-0.25, -0.2) is 0 Å². The first-order valence-electron chi connectivity index (χ1n) is 8.45. The number of nitrogens with zero attached hydrogens (tertiary/aromatic N) is 1. The summed E-state index contributed by atoms with van der Waals surface area (Å²) in [7, 11) is 0. The third kappa shape index (κ3) is 5.71. The number of nitrogens with one attached hydrogen (secondary N) is 1. The number of aryl methyl sites for hydroxylation is 2. The molecule has 1 aromatic heterocycles. The Morgan fingerprint density at radius 1 is 1.12 bits per heavy atom. The van der Waals surface area contributed by atoms with Crippen LogP contribution in [-0.4, -0.2) is 35.0 Å². The van der Waals surface area contributed by atoms with Gasteiger partial charge < -0.3 is 0 Å². The molecule has 25 heavy (non-hydrogen) atoms. The normalized spacial score (nSPS) is 12.2. The fraction of sp³-hybridized carbons (Fsp3) is 0.474. The summed E-state index contributed by atoms with van der Waals surface area (Å²) in [6.07, 6.45) is -0.455. The first kappa shape index (κ1) is 20.2. The summed E-state index contributed by atoms with van der Waals surface area (Å²) >= 11 is -0.889. The summed E-state index contributed by atoms with van der Waals surface area (Å²) < 4.78 is 6.80. The maximum atomic E-state index is 12.1. The molecular formula is C19H28N2O2SSn. The van der Waals surface area contributed by atoms with E-state index in [4.69, 9.17) is 4.74 Å². The van der Waals surface area contributed by atoms with E-state index in [1.54, 1.807) is 0 Å². The van der Waals surface area contributed by atoms with E-state index in [1.807, 2.05) is 20.8 Å². The summed E-state index contributed by atoms with van der Waals surface area (Å²) in [6, 6.07) is 6.47. The van der Waals surface area contributed by atoms with Gasteiger partial charge >= 0.3 is 159 Å². The molecule has 136 valence electrons. The van der Waals surface area contributed by atoms with Crippen LogP contribution >= 0.6 is 11.3 Å². The van der Waals surface area contributed by atoms with E-state index in [0.29, 0.717) is 5.19 Å². The minimum absolute atomic E-state index is 0.336. The third-order valence-corrected chi connectivity index (χ3v) is 13.7. The van der Waals surface area contributed by atoms with Gasteiger partial charge in [-0.05, 0) is 0 Å². The molecule has 0 saturated carbocycles. The van der Waals surface area contributed by atoms with Crippen molar-refractivity contribution in [1.82, 2.24) is 10.3 Å². The van der Waals surface area contributed by atoms with Crippen molar-refractivity contribution in [1.29, 1.82) is 0 Å². The molecule has 0 aliphatic carbocycles. The van der Waals surface area contributed by atoms with E-state index >= 15 is 0 Å². The Morgan fingerprint density at radius 3 is 2.16 bits per heavy atom. The Morgan fingerprint density at radius 2 is 1.68 bits per heavy atom. The second kappa shape index (κ2) is 7.27. The number of benzene rings is 1. The van der Waals surface area contributed by atoms with Crippen molar-refractivity contribution in [3.05, 3.63) is 29.3 Å². The molecule has 0 radical (unpaired) electrons. The van der Waals surface area contributed by atoms with Gasteiger partial charge in [0.2, 0.25) is 0 Å². The molecule has 1 N–H and O–H groups in total. The minimum atomic E-state index is -2.42. The van der Waals surface area contributed by atoms with Gasteiger partial charge in [0.25, 0.3) is 0 Å². The monoisotopic (exact) mass is 468 g/mol. The van der Waals surface area contributed by atoms with Crippen LogP contribution in [0, 0.1) is 13.8 Å². The number of carbonyl (C=O) groups is 1. The van der Waals surface area contributed by atoms with Crippen LogP contribution in [0.5, 0.6) is 5.19 Å². The fourth-order valence-electron chi connectivity index (χ4n) is 2.57. The molecule has 0 fully saturated rings. The van der Waals surface area contributed by atoms with Gasteiger partial charge in [-0.15, -0.1) is 0 Å². The number of hydrogen-bond donors (Lipinski definition) is 1. The fourth-order valence-corrected chi connectivity index (χ4v) is 9.53. The van der Waals surface area contributed by atoms with E-state index in [9.17, 15) is 4.79 Å². The zero-order chi connectivity index (χ0) is 19.0. The van der Waals surface area contributed by atoms with Gasteiger partial charge in [0.05, 0.1) is 0 Å². The van der Waals surface area contributed by atoms with Gasteiger partial charge in [0.15, 0.2) is 0 Å². The zero-order valence-electron chi connectivity index (χ0n) is 16.4. The van der Waals surface area contributed by atoms with Crippen molar-refractivity contribution in [2.45, 2.75) is 55.0 Å². The summed E-state index contributed by atoms with van der Waals surface area (Å²) in [5.41, 5.74) is 4.19. The molecule has 2 aromatic rings.